The molecule has 264 valence electrons. The van der Waals surface area contributed by atoms with Gasteiger partial charge >= 0.3 is 0 Å². The molecule has 1 saturated carbocycles. The summed E-state index contributed by atoms with van der Waals surface area (Å²) >= 11 is 0. The van der Waals surface area contributed by atoms with Crippen LogP contribution in [0.5, 0.6) is 5.88 Å². The summed E-state index contributed by atoms with van der Waals surface area (Å²) in [6.07, 6.45) is 4.01. The minimum atomic E-state index is -4.18. The highest BCUT2D eigenvalue weighted by atomic mass is 32.2. The molecule has 0 radical (unpaired) electrons. The van der Waals surface area contributed by atoms with Gasteiger partial charge in [0, 0.05) is 30.3 Å². The number of aryl methyl sites for hydroxylation is 4. The van der Waals surface area contributed by atoms with Crippen molar-refractivity contribution in [3.63, 3.8) is 0 Å². The maximum Gasteiger partial charge on any atom is 0.264 e. The van der Waals surface area contributed by atoms with Gasteiger partial charge in [0.15, 0.2) is 0 Å². The normalized spacial score (nSPS) is 17.8. The summed E-state index contributed by atoms with van der Waals surface area (Å²) in [4.78, 5) is 37.7. The summed E-state index contributed by atoms with van der Waals surface area (Å²) in [6.45, 7) is 14.5. The Morgan fingerprint density at radius 2 is 1.64 bits per heavy atom. The fourth-order valence-electron chi connectivity index (χ4n) is 6.79. The second kappa shape index (κ2) is 13.6. The second-order valence-electron chi connectivity index (χ2n) is 14.8. The number of rotatable bonds is 6. The number of hydrogen-bond donors (Lipinski definition) is 1. The van der Waals surface area contributed by atoms with Crippen LogP contribution in [0.15, 0.2) is 53.4 Å². The monoisotopic (exact) mass is 697 g/mol. The highest BCUT2D eigenvalue weighted by Gasteiger charge is 2.33. The third-order valence-electron chi connectivity index (χ3n) is 9.62. The van der Waals surface area contributed by atoms with Gasteiger partial charge in [-0.2, -0.15) is 4.98 Å². The number of carbonyl (C=O) groups is 1. The average molecular weight is 698 g/mol. The van der Waals surface area contributed by atoms with E-state index in [1.807, 2.05) is 45.9 Å². The lowest BCUT2D eigenvalue weighted by Gasteiger charge is -2.37. The topological polar surface area (TPSA) is 131 Å². The fraction of sp³-hybridized carbons (Fsp3) is 0.447. The molecule has 1 aliphatic heterocycles. The van der Waals surface area contributed by atoms with E-state index in [1.54, 1.807) is 23.1 Å². The number of benzene rings is 2. The number of fused-ring (bicyclic) bond motifs is 4. The molecule has 6 rings (SSSR count). The van der Waals surface area contributed by atoms with Crippen LogP contribution >= 0.6 is 0 Å². The van der Waals surface area contributed by atoms with Crippen molar-refractivity contribution in [2.24, 2.45) is 5.41 Å². The lowest BCUT2D eigenvalue weighted by atomic mass is 9.87. The molecule has 3 heterocycles. The number of nitrogens with one attached hydrogen (secondary N) is 1. The molecular formula is C38H47N7O4S. The van der Waals surface area contributed by atoms with Crippen molar-refractivity contribution in [1.82, 2.24) is 24.8 Å². The molecule has 2 aromatic heterocycles. The molecule has 50 heavy (non-hydrogen) atoms. The van der Waals surface area contributed by atoms with Crippen molar-refractivity contribution in [2.45, 2.75) is 97.7 Å². The second-order valence-corrected chi connectivity index (χ2v) is 16.5. The van der Waals surface area contributed by atoms with Gasteiger partial charge in [-0.15, -0.1) is 0 Å². The van der Waals surface area contributed by atoms with Gasteiger partial charge in [0.1, 0.15) is 12.4 Å². The molecule has 4 aromatic rings. The molecular weight excluding hydrogens is 651 g/mol. The van der Waals surface area contributed by atoms with Gasteiger partial charge in [-0.05, 0) is 88.1 Å². The van der Waals surface area contributed by atoms with Crippen molar-refractivity contribution in [1.29, 1.82) is 0 Å². The maximum absolute atomic E-state index is 14.7. The molecule has 4 bridgehead atoms. The van der Waals surface area contributed by atoms with Crippen LogP contribution in [-0.4, -0.2) is 64.9 Å². The first kappa shape index (κ1) is 35.3. The van der Waals surface area contributed by atoms with Gasteiger partial charge in [0.2, 0.25) is 11.8 Å². The minimum absolute atomic E-state index is 0.0748. The largest absolute Gasteiger partial charge is 0.475 e. The Bertz CT molecular complexity index is 2020. The Morgan fingerprint density at radius 1 is 0.940 bits per heavy atom. The smallest absolute Gasteiger partial charge is 0.264 e. The molecule has 1 amide bonds. The van der Waals surface area contributed by atoms with Crippen LogP contribution in [0.4, 0.5) is 11.8 Å². The summed E-state index contributed by atoms with van der Waals surface area (Å²) in [5.41, 5.74) is 5.65. The van der Waals surface area contributed by atoms with E-state index in [0.717, 1.165) is 46.7 Å². The molecule has 0 spiro atoms. The van der Waals surface area contributed by atoms with E-state index in [0.29, 0.717) is 23.9 Å². The summed E-state index contributed by atoms with van der Waals surface area (Å²) in [7, 11) is -2.12. The molecule has 0 unspecified atom stereocenters. The molecule has 2 aromatic carbocycles. The van der Waals surface area contributed by atoms with Crippen molar-refractivity contribution >= 4 is 27.7 Å². The first-order valence-corrected chi connectivity index (χ1v) is 18.7. The third kappa shape index (κ3) is 7.45. The molecule has 1 atom stereocenters. The summed E-state index contributed by atoms with van der Waals surface area (Å²) in [6, 6.07) is 13.7. The SMILES string of the molecule is Cc1cccc(C)c1-c1cc2nc(n1)NS(=O)(=O)c1cccc(c1)C(=O)N(Cc1nc(N(C)C3CCC3)c(C)nc1C)[C@H](CC(C)(C)C)CO2. The molecule has 2 aliphatic rings. The van der Waals surface area contributed by atoms with Crippen LogP contribution in [-0.2, 0) is 16.6 Å². The number of anilines is 2. The Labute approximate surface area is 295 Å². The quantitative estimate of drug-likeness (QED) is 0.231. The first-order chi connectivity index (χ1) is 23.6. The third-order valence-corrected chi connectivity index (χ3v) is 11.0. The van der Waals surface area contributed by atoms with E-state index in [4.69, 9.17) is 14.7 Å². The molecule has 1 fully saturated rings. The summed E-state index contributed by atoms with van der Waals surface area (Å²) in [5.74, 6) is 0.560. The van der Waals surface area contributed by atoms with Crippen LogP contribution in [0.1, 0.15) is 85.0 Å². The summed E-state index contributed by atoms with van der Waals surface area (Å²) < 4.78 is 36.5. The Balaban J connectivity index is 1.49. The zero-order chi connectivity index (χ0) is 36.0. The standard InChI is InChI=1S/C38H47N7O4S/c1-23-12-9-13-24(2)34(23)31-19-33-42-37(41-31)43-50(47,48)30-17-10-14-27(18-30)36(46)45(29(22-49-33)20-38(5,6)7)21-32-25(3)39-26(4)35(40-32)44(8)28-15-11-16-28/h9-10,12-14,17-19,28-29H,11,15-16,20-22H2,1-8H3,(H,41,42,43)/t29-/m1/s1. The van der Waals surface area contributed by atoms with Crippen LogP contribution in [0, 0.1) is 33.1 Å². The molecule has 11 nitrogen and oxygen atoms in total. The van der Waals surface area contributed by atoms with E-state index in [9.17, 15) is 13.2 Å². The highest BCUT2D eigenvalue weighted by molar-refractivity contribution is 7.92. The van der Waals surface area contributed by atoms with E-state index >= 15 is 0 Å². The lowest BCUT2D eigenvalue weighted by Crippen LogP contribution is -2.45. The van der Waals surface area contributed by atoms with Crippen LogP contribution < -0.4 is 14.4 Å². The number of carbonyl (C=O) groups excluding carboxylic acids is 1. The van der Waals surface area contributed by atoms with E-state index in [-0.39, 0.29) is 46.8 Å². The van der Waals surface area contributed by atoms with Gasteiger partial charge in [-0.25, -0.2) is 23.1 Å². The van der Waals surface area contributed by atoms with Crippen LogP contribution in [0.3, 0.4) is 0 Å². The molecule has 1 aliphatic carbocycles. The van der Waals surface area contributed by atoms with Crippen LogP contribution in [0.25, 0.3) is 11.3 Å². The van der Waals surface area contributed by atoms with E-state index in [2.05, 4.69) is 47.4 Å². The predicted molar refractivity (Wildman–Crippen MR) is 195 cm³/mol. The lowest BCUT2D eigenvalue weighted by molar-refractivity contribution is 0.0508. The predicted octanol–water partition coefficient (Wildman–Crippen LogP) is 6.80. The highest BCUT2D eigenvalue weighted by Crippen LogP contribution is 2.33. The van der Waals surface area contributed by atoms with Crippen molar-refractivity contribution in [2.75, 3.05) is 23.3 Å². The minimum Gasteiger partial charge on any atom is -0.475 e. The van der Waals surface area contributed by atoms with E-state index < -0.39 is 16.1 Å². The number of hydrogen-bond acceptors (Lipinski definition) is 9. The van der Waals surface area contributed by atoms with Gasteiger partial charge in [-0.3, -0.25) is 9.78 Å². The number of aromatic nitrogens is 4. The summed E-state index contributed by atoms with van der Waals surface area (Å²) in [5, 5.41) is 0. The fourth-order valence-corrected chi connectivity index (χ4v) is 7.78. The van der Waals surface area contributed by atoms with E-state index in [1.165, 1.54) is 18.6 Å². The van der Waals surface area contributed by atoms with Gasteiger partial charge < -0.3 is 14.5 Å². The Kier molecular flexibility index (Phi) is 9.60. The van der Waals surface area contributed by atoms with Gasteiger partial charge in [0.25, 0.3) is 15.9 Å². The zero-order valence-corrected chi connectivity index (χ0v) is 31.1. The zero-order valence-electron chi connectivity index (χ0n) is 30.2. The maximum atomic E-state index is 14.7. The van der Waals surface area contributed by atoms with Crippen molar-refractivity contribution < 1.29 is 17.9 Å². The number of amides is 1. The van der Waals surface area contributed by atoms with Crippen molar-refractivity contribution in [3.8, 4) is 17.1 Å². The molecule has 1 N–H and O–H groups in total. The van der Waals surface area contributed by atoms with Gasteiger partial charge in [0.05, 0.1) is 40.3 Å². The van der Waals surface area contributed by atoms with Crippen LogP contribution in [0.2, 0.25) is 0 Å². The molecule has 0 saturated heterocycles. The Hall–Kier alpha value is -4.58. The Morgan fingerprint density at radius 3 is 2.30 bits per heavy atom. The number of ether oxygens (including phenoxy) is 1. The number of nitrogens with zero attached hydrogens (tertiary/aromatic N) is 6. The van der Waals surface area contributed by atoms with Crippen molar-refractivity contribution in [3.05, 3.63) is 82.3 Å². The molecule has 12 heteroatoms. The first-order valence-electron chi connectivity index (χ1n) is 17.2. The number of sulfonamides is 1. The average Bonchev–Trinajstić information content (AvgIpc) is 3.00. The van der Waals surface area contributed by atoms with Gasteiger partial charge in [-0.1, -0.05) is 45.0 Å².